The summed E-state index contributed by atoms with van der Waals surface area (Å²) >= 11 is 0. The Kier molecular flexibility index (Phi) is 2.69. The zero-order valence-corrected chi connectivity index (χ0v) is 6.71. The van der Waals surface area contributed by atoms with Gasteiger partial charge in [0.25, 0.3) is 0 Å². The van der Waals surface area contributed by atoms with Gasteiger partial charge in [-0.1, -0.05) is 13.8 Å². The number of ether oxygens (including phenoxy) is 1. The van der Waals surface area contributed by atoms with Gasteiger partial charge in [0.05, 0.1) is 13.2 Å². The lowest BCUT2D eigenvalue weighted by Gasteiger charge is -2.34. The summed E-state index contributed by atoms with van der Waals surface area (Å²) in [6, 6.07) is 0. The van der Waals surface area contributed by atoms with E-state index in [1.54, 1.807) is 0 Å². The van der Waals surface area contributed by atoms with Gasteiger partial charge in [0.2, 0.25) is 0 Å². The molecule has 1 N–H and O–H groups in total. The number of aliphatic hydroxyl groups is 1. The Morgan fingerprint density at radius 3 is 2.20 bits per heavy atom. The second kappa shape index (κ2) is 3.35. The van der Waals surface area contributed by atoms with Crippen LogP contribution >= 0.6 is 0 Å². The molecule has 1 fully saturated rings. The van der Waals surface area contributed by atoms with E-state index in [2.05, 4.69) is 13.8 Å². The van der Waals surface area contributed by atoms with E-state index >= 15 is 0 Å². The molecule has 0 saturated carbocycles. The first-order valence-electron chi connectivity index (χ1n) is 3.94. The van der Waals surface area contributed by atoms with Crippen LogP contribution < -0.4 is 0 Å². The predicted octanol–water partition coefficient (Wildman–Crippen LogP) is 0.897. The number of hydrogen-bond acceptors (Lipinski definition) is 2. The highest BCUT2D eigenvalue weighted by atomic mass is 16.5. The van der Waals surface area contributed by atoms with Crippen LogP contribution in [0.2, 0.25) is 0 Å². The van der Waals surface area contributed by atoms with Crippen molar-refractivity contribution in [1.82, 2.24) is 0 Å². The quantitative estimate of drug-likeness (QED) is 0.637. The minimum absolute atomic E-state index is 0.311. The molecule has 1 heterocycles. The van der Waals surface area contributed by atoms with Gasteiger partial charge in [0.1, 0.15) is 0 Å². The second-order valence-corrected chi connectivity index (χ2v) is 3.39. The minimum Gasteiger partial charge on any atom is -0.396 e. The number of hydrogen-bond donors (Lipinski definition) is 1. The molecule has 0 amide bonds. The molecule has 60 valence electrons. The van der Waals surface area contributed by atoms with Gasteiger partial charge in [-0.25, -0.2) is 0 Å². The van der Waals surface area contributed by atoms with E-state index in [4.69, 9.17) is 9.84 Å². The van der Waals surface area contributed by atoms with Gasteiger partial charge in [0.15, 0.2) is 0 Å². The average molecular weight is 144 g/mol. The van der Waals surface area contributed by atoms with Gasteiger partial charge >= 0.3 is 0 Å². The van der Waals surface area contributed by atoms with Crippen LogP contribution in [0.4, 0.5) is 0 Å². The molecule has 2 heteroatoms. The molecule has 1 saturated heterocycles. The van der Waals surface area contributed by atoms with Gasteiger partial charge in [-0.2, -0.15) is 0 Å². The second-order valence-electron chi connectivity index (χ2n) is 3.39. The maximum Gasteiger partial charge on any atom is 0.0520 e. The fraction of sp³-hybridized carbons (Fsp3) is 1.00. The maximum absolute atomic E-state index is 8.98. The lowest BCUT2D eigenvalue weighted by atomic mass is 9.83. The van der Waals surface area contributed by atoms with Gasteiger partial charge in [0, 0.05) is 12.5 Å². The summed E-state index contributed by atoms with van der Waals surface area (Å²) in [5, 5.41) is 8.98. The molecular weight excluding hydrogens is 128 g/mol. The monoisotopic (exact) mass is 144 g/mol. The van der Waals surface area contributed by atoms with Gasteiger partial charge < -0.3 is 9.84 Å². The molecule has 2 nitrogen and oxygen atoms in total. The molecule has 1 aliphatic rings. The van der Waals surface area contributed by atoms with Crippen molar-refractivity contribution in [3.63, 3.8) is 0 Å². The average Bonchev–Trinajstić information content (AvgIpc) is 1.76. The van der Waals surface area contributed by atoms with Crippen molar-refractivity contribution in [3.05, 3.63) is 0 Å². The highest BCUT2D eigenvalue weighted by molar-refractivity contribution is 4.76. The third-order valence-electron chi connectivity index (χ3n) is 2.34. The van der Waals surface area contributed by atoms with Gasteiger partial charge in [-0.3, -0.25) is 0 Å². The Morgan fingerprint density at radius 1 is 1.50 bits per heavy atom. The Hall–Kier alpha value is -0.0800. The first-order valence-corrected chi connectivity index (χ1v) is 3.94. The Morgan fingerprint density at radius 2 is 2.10 bits per heavy atom. The largest absolute Gasteiger partial charge is 0.396 e. The normalized spacial score (nSPS) is 22.8. The predicted molar refractivity (Wildman–Crippen MR) is 39.7 cm³/mol. The summed E-state index contributed by atoms with van der Waals surface area (Å²) in [5.41, 5.74) is 0. The van der Waals surface area contributed by atoms with Crippen LogP contribution in [0.25, 0.3) is 0 Å². The summed E-state index contributed by atoms with van der Waals surface area (Å²) in [4.78, 5) is 0. The fourth-order valence-electron chi connectivity index (χ4n) is 1.41. The van der Waals surface area contributed by atoms with Crippen molar-refractivity contribution in [2.24, 2.45) is 17.8 Å². The lowest BCUT2D eigenvalue weighted by molar-refractivity contribution is -0.0814. The highest BCUT2D eigenvalue weighted by Gasteiger charge is 2.29. The van der Waals surface area contributed by atoms with E-state index < -0.39 is 0 Å². The lowest BCUT2D eigenvalue weighted by Crippen LogP contribution is -2.38. The SMILES string of the molecule is CC(C)C(CO)C1COC1. The molecular formula is C8H16O2. The molecule has 0 aromatic carbocycles. The first kappa shape index (κ1) is 8.02. The van der Waals surface area contributed by atoms with Crippen LogP contribution in [0.5, 0.6) is 0 Å². The van der Waals surface area contributed by atoms with Crippen LogP contribution in [0.15, 0.2) is 0 Å². The summed E-state index contributed by atoms with van der Waals surface area (Å²) < 4.78 is 5.06. The van der Waals surface area contributed by atoms with Crippen LogP contribution in [0, 0.1) is 17.8 Å². The Balaban J connectivity index is 2.31. The minimum atomic E-state index is 0.311. The van der Waals surface area contributed by atoms with Gasteiger partial charge in [-0.15, -0.1) is 0 Å². The molecule has 0 radical (unpaired) electrons. The van der Waals surface area contributed by atoms with Crippen LogP contribution in [0.3, 0.4) is 0 Å². The van der Waals surface area contributed by atoms with E-state index in [1.807, 2.05) is 0 Å². The van der Waals surface area contributed by atoms with Crippen LogP contribution in [-0.2, 0) is 4.74 Å². The van der Waals surface area contributed by atoms with Crippen molar-refractivity contribution < 1.29 is 9.84 Å². The maximum atomic E-state index is 8.98. The van der Waals surface area contributed by atoms with Crippen molar-refractivity contribution in [2.75, 3.05) is 19.8 Å². The van der Waals surface area contributed by atoms with Crippen LogP contribution in [-0.4, -0.2) is 24.9 Å². The fourth-order valence-corrected chi connectivity index (χ4v) is 1.41. The van der Waals surface area contributed by atoms with Crippen molar-refractivity contribution >= 4 is 0 Å². The van der Waals surface area contributed by atoms with E-state index in [9.17, 15) is 0 Å². The van der Waals surface area contributed by atoms with E-state index in [0.717, 1.165) is 13.2 Å². The molecule has 0 aromatic heterocycles. The molecule has 1 unspecified atom stereocenters. The zero-order valence-electron chi connectivity index (χ0n) is 6.71. The van der Waals surface area contributed by atoms with Crippen molar-refractivity contribution in [3.8, 4) is 0 Å². The standard InChI is InChI=1S/C8H16O2/c1-6(2)8(3-9)7-4-10-5-7/h6-9H,3-5H2,1-2H3. The summed E-state index contributed by atoms with van der Waals surface area (Å²) in [6.07, 6.45) is 0. The molecule has 1 rings (SSSR count). The summed E-state index contributed by atoms with van der Waals surface area (Å²) in [6.45, 7) is 6.32. The first-order chi connectivity index (χ1) is 4.75. The molecule has 0 aliphatic carbocycles. The third-order valence-corrected chi connectivity index (χ3v) is 2.34. The number of aliphatic hydroxyl groups excluding tert-OH is 1. The Labute approximate surface area is 62.2 Å². The van der Waals surface area contributed by atoms with E-state index in [0.29, 0.717) is 24.4 Å². The smallest absolute Gasteiger partial charge is 0.0520 e. The molecule has 1 aliphatic heterocycles. The van der Waals surface area contributed by atoms with Crippen molar-refractivity contribution in [1.29, 1.82) is 0 Å². The van der Waals surface area contributed by atoms with E-state index in [-0.39, 0.29) is 0 Å². The molecule has 10 heavy (non-hydrogen) atoms. The zero-order chi connectivity index (χ0) is 7.56. The molecule has 0 bridgehead atoms. The highest BCUT2D eigenvalue weighted by Crippen LogP contribution is 2.26. The van der Waals surface area contributed by atoms with Crippen LogP contribution in [0.1, 0.15) is 13.8 Å². The summed E-state index contributed by atoms with van der Waals surface area (Å²) in [5.74, 6) is 1.65. The molecule has 0 aromatic rings. The van der Waals surface area contributed by atoms with E-state index in [1.165, 1.54) is 0 Å². The van der Waals surface area contributed by atoms with Crippen molar-refractivity contribution in [2.45, 2.75) is 13.8 Å². The number of rotatable bonds is 3. The summed E-state index contributed by atoms with van der Waals surface area (Å²) in [7, 11) is 0. The third kappa shape index (κ3) is 1.50. The molecule has 1 atom stereocenters. The topological polar surface area (TPSA) is 29.5 Å². The Bertz CT molecular complexity index is 97.4. The van der Waals surface area contributed by atoms with Gasteiger partial charge in [-0.05, 0) is 11.8 Å². The molecule has 0 spiro atoms.